The van der Waals surface area contributed by atoms with Crippen molar-refractivity contribution in [3.05, 3.63) is 158 Å². The van der Waals surface area contributed by atoms with Crippen LogP contribution in [0.2, 0.25) is 0 Å². The second kappa shape index (κ2) is 8.89. The molecule has 0 aliphatic heterocycles. The molecule has 0 bridgehead atoms. The smallest absolute Gasteiger partial charge is 0.00201 e. The molecule has 0 radical (unpaired) electrons. The Morgan fingerprint density at radius 1 is 0.205 bits per heavy atom. The summed E-state index contributed by atoms with van der Waals surface area (Å²) >= 11 is 0. The molecule has 0 atom stereocenters. The highest BCUT2D eigenvalue weighted by Crippen LogP contribution is 2.46. The number of fused-ring (bicyclic) bond motifs is 6. The minimum absolute atomic E-state index is 1.27. The molecule has 0 aromatic heterocycles. The van der Waals surface area contributed by atoms with Gasteiger partial charge in [0.1, 0.15) is 0 Å². The first-order chi connectivity index (χ1) is 21.8. The highest BCUT2D eigenvalue weighted by Gasteiger charge is 2.19. The molecule has 0 fully saturated rings. The van der Waals surface area contributed by atoms with E-state index < -0.39 is 0 Å². The van der Waals surface area contributed by atoms with E-state index >= 15 is 0 Å². The van der Waals surface area contributed by atoms with Crippen LogP contribution < -0.4 is 0 Å². The van der Waals surface area contributed by atoms with Crippen LogP contribution in [0.3, 0.4) is 0 Å². The molecule has 0 saturated carbocycles. The standard InChI is InChI=1S/C44H26/c1-3-13-31-28(10-1)24-40(35-17-7-5-15-33(31)35)37-22-21-30-26-42(38-19-9-12-27-20-23-39(37)44(30)43(27)38)41-25-29-11-2-4-14-32(29)34-16-6-8-18-36(34)41/h1-26H. The van der Waals surface area contributed by atoms with Crippen LogP contribution in [0.15, 0.2) is 158 Å². The first kappa shape index (κ1) is 23.8. The lowest BCUT2D eigenvalue weighted by Gasteiger charge is -2.19. The number of rotatable bonds is 2. The van der Waals surface area contributed by atoms with E-state index in [1.54, 1.807) is 0 Å². The van der Waals surface area contributed by atoms with Gasteiger partial charge in [-0.3, -0.25) is 0 Å². The van der Waals surface area contributed by atoms with Gasteiger partial charge in [-0.2, -0.15) is 0 Å². The number of hydrogen-bond donors (Lipinski definition) is 0. The molecule has 0 aliphatic rings. The van der Waals surface area contributed by atoms with E-state index in [-0.39, 0.29) is 0 Å². The molecule has 202 valence electrons. The van der Waals surface area contributed by atoms with E-state index in [4.69, 9.17) is 0 Å². The molecule has 0 nitrogen and oxygen atoms in total. The molecule has 0 heterocycles. The maximum Gasteiger partial charge on any atom is -0.00201 e. The average molecular weight is 555 g/mol. The average Bonchev–Trinajstić information content (AvgIpc) is 3.10. The second-order valence-corrected chi connectivity index (χ2v) is 12.0. The van der Waals surface area contributed by atoms with Crippen molar-refractivity contribution in [3.8, 4) is 22.3 Å². The molecule has 0 aliphatic carbocycles. The van der Waals surface area contributed by atoms with Gasteiger partial charge in [-0.25, -0.2) is 0 Å². The van der Waals surface area contributed by atoms with Crippen molar-refractivity contribution in [1.29, 1.82) is 0 Å². The van der Waals surface area contributed by atoms with Crippen LogP contribution in [0.1, 0.15) is 0 Å². The highest BCUT2D eigenvalue weighted by molar-refractivity contribution is 6.30. The molecule has 10 aromatic rings. The van der Waals surface area contributed by atoms with Gasteiger partial charge in [0.2, 0.25) is 0 Å². The van der Waals surface area contributed by atoms with Gasteiger partial charge >= 0.3 is 0 Å². The van der Waals surface area contributed by atoms with Crippen LogP contribution in [0.5, 0.6) is 0 Å². The summed E-state index contributed by atoms with van der Waals surface area (Å²) in [6.45, 7) is 0. The maximum atomic E-state index is 2.43. The van der Waals surface area contributed by atoms with Crippen LogP contribution in [0, 0.1) is 0 Å². The molecular weight excluding hydrogens is 528 g/mol. The summed E-state index contributed by atoms with van der Waals surface area (Å²) in [5, 5.41) is 18.2. The maximum absolute atomic E-state index is 2.43. The van der Waals surface area contributed by atoms with Gasteiger partial charge in [0, 0.05) is 0 Å². The van der Waals surface area contributed by atoms with Crippen molar-refractivity contribution < 1.29 is 0 Å². The first-order valence-electron chi connectivity index (χ1n) is 15.4. The van der Waals surface area contributed by atoms with E-state index in [1.807, 2.05) is 0 Å². The molecule has 0 amide bonds. The van der Waals surface area contributed by atoms with Gasteiger partial charge in [-0.15, -0.1) is 0 Å². The summed E-state index contributed by atoms with van der Waals surface area (Å²) in [5.41, 5.74) is 5.16. The molecular formula is C44H26. The molecule has 0 N–H and O–H groups in total. The third kappa shape index (κ3) is 3.23. The fourth-order valence-corrected chi connectivity index (χ4v) is 7.84. The molecule has 0 unspecified atom stereocenters. The third-order valence-electron chi connectivity index (χ3n) is 9.76. The second-order valence-electron chi connectivity index (χ2n) is 12.0. The van der Waals surface area contributed by atoms with Gasteiger partial charge in [0.25, 0.3) is 0 Å². The SMILES string of the molecule is c1ccc2c(c1)cc(-c1cc3ccc(-c4cc5ccccc5c5ccccc45)c4ccc5cccc1c5c34)c1ccccc12. The van der Waals surface area contributed by atoms with Crippen molar-refractivity contribution in [1.82, 2.24) is 0 Å². The van der Waals surface area contributed by atoms with Crippen molar-refractivity contribution in [3.63, 3.8) is 0 Å². The Bertz CT molecular complexity index is 2760. The molecule has 10 rings (SSSR count). The first-order valence-corrected chi connectivity index (χ1v) is 15.4. The lowest BCUT2D eigenvalue weighted by Crippen LogP contribution is -1.92. The Labute approximate surface area is 254 Å². The fourth-order valence-electron chi connectivity index (χ4n) is 7.84. The highest BCUT2D eigenvalue weighted by atomic mass is 14.2. The van der Waals surface area contributed by atoms with E-state index in [1.165, 1.54) is 97.7 Å². The van der Waals surface area contributed by atoms with Crippen molar-refractivity contribution in [2.24, 2.45) is 0 Å². The van der Waals surface area contributed by atoms with Crippen LogP contribution in [-0.2, 0) is 0 Å². The summed E-state index contributed by atoms with van der Waals surface area (Å²) in [5.74, 6) is 0. The minimum Gasteiger partial charge on any atom is -0.0616 e. The predicted octanol–water partition coefficient (Wildman–Crippen LogP) is 12.5. The van der Waals surface area contributed by atoms with E-state index in [9.17, 15) is 0 Å². The van der Waals surface area contributed by atoms with Crippen molar-refractivity contribution >= 4 is 75.4 Å². The Balaban J connectivity index is 1.33. The van der Waals surface area contributed by atoms with Gasteiger partial charge in [-0.1, -0.05) is 140 Å². The van der Waals surface area contributed by atoms with Crippen LogP contribution in [-0.4, -0.2) is 0 Å². The number of benzene rings is 10. The van der Waals surface area contributed by atoms with E-state index in [0.717, 1.165) is 0 Å². The molecule has 0 saturated heterocycles. The Morgan fingerprint density at radius 3 is 1.27 bits per heavy atom. The lowest BCUT2D eigenvalue weighted by atomic mass is 9.84. The van der Waals surface area contributed by atoms with Crippen molar-refractivity contribution in [2.45, 2.75) is 0 Å². The minimum atomic E-state index is 1.27. The molecule has 0 heteroatoms. The number of hydrogen-bond acceptors (Lipinski definition) is 0. The van der Waals surface area contributed by atoms with Gasteiger partial charge in [0.15, 0.2) is 0 Å². The van der Waals surface area contributed by atoms with Crippen molar-refractivity contribution in [2.75, 3.05) is 0 Å². The van der Waals surface area contributed by atoms with Gasteiger partial charge < -0.3 is 0 Å². The Morgan fingerprint density at radius 2 is 0.614 bits per heavy atom. The quantitative estimate of drug-likeness (QED) is 0.186. The molecule has 44 heavy (non-hydrogen) atoms. The van der Waals surface area contributed by atoms with Gasteiger partial charge in [0.05, 0.1) is 0 Å². The summed E-state index contributed by atoms with van der Waals surface area (Å²) in [4.78, 5) is 0. The largest absolute Gasteiger partial charge is 0.0616 e. The third-order valence-corrected chi connectivity index (χ3v) is 9.76. The lowest BCUT2D eigenvalue weighted by molar-refractivity contribution is 1.70. The normalized spacial score (nSPS) is 12.1. The zero-order valence-electron chi connectivity index (χ0n) is 24.0. The van der Waals surface area contributed by atoms with Crippen LogP contribution in [0.25, 0.3) is 97.7 Å². The molecule has 10 aromatic carbocycles. The zero-order chi connectivity index (χ0) is 28.8. The summed E-state index contributed by atoms with van der Waals surface area (Å²) in [6.07, 6.45) is 0. The fraction of sp³-hybridized carbons (Fsp3) is 0. The monoisotopic (exact) mass is 554 g/mol. The summed E-state index contributed by atoms with van der Waals surface area (Å²) in [6, 6.07) is 58.6. The van der Waals surface area contributed by atoms with Crippen LogP contribution in [0.4, 0.5) is 0 Å². The Kier molecular flexibility index (Phi) is 4.81. The summed E-state index contributed by atoms with van der Waals surface area (Å²) < 4.78 is 0. The molecule has 0 spiro atoms. The predicted molar refractivity (Wildman–Crippen MR) is 191 cm³/mol. The van der Waals surface area contributed by atoms with Crippen LogP contribution >= 0.6 is 0 Å². The summed E-state index contributed by atoms with van der Waals surface area (Å²) in [7, 11) is 0. The van der Waals surface area contributed by atoms with Gasteiger partial charge in [-0.05, 0) is 116 Å². The van der Waals surface area contributed by atoms with E-state index in [0.29, 0.717) is 0 Å². The zero-order valence-corrected chi connectivity index (χ0v) is 24.0. The topological polar surface area (TPSA) is 0 Å². The Hall–Kier alpha value is -5.72. The van der Waals surface area contributed by atoms with E-state index in [2.05, 4.69) is 158 Å².